The first-order valence-corrected chi connectivity index (χ1v) is 4.41. The Morgan fingerprint density at radius 2 is 1.75 bits per heavy atom. The largest absolute Gasteiger partial charge is 0.264 e. The fraction of sp³-hybridized carbons (Fsp3) is 0.364. The van der Waals surface area contributed by atoms with Crippen LogP contribution in [0.1, 0.15) is 13.8 Å². The maximum Gasteiger partial charge on any atom is 0.0343 e. The molecule has 1 aromatic rings. The van der Waals surface area contributed by atoms with Gasteiger partial charge < -0.3 is 0 Å². The molecule has 0 radical (unpaired) electrons. The van der Waals surface area contributed by atoms with E-state index in [1.807, 2.05) is 12.4 Å². The molecule has 1 aliphatic carbocycles. The first-order chi connectivity index (χ1) is 5.77. The van der Waals surface area contributed by atoms with E-state index in [0.29, 0.717) is 11.8 Å². The maximum atomic E-state index is 4.11. The minimum atomic E-state index is 0.640. The van der Waals surface area contributed by atoms with Crippen molar-refractivity contribution in [2.45, 2.75) is 13.8 Å². The van der Waals surface area contributed by atoms with Crippen molar-refractivity contribution in [1.82, 2.24) is 4.98 Å². The Balaban J connectivity index is 2.70. The summed E-state index contributed by atoms with van der Waals surface area (Å²) in [5.41, 5.74) is 0. The van der Waals surface area contributed by atoms with Gasteiger partial charge in [0.2, 0.25) is 0 Å². The van der Waals surface area contributed by atoms with Crippen LogP contribution < -0.4 is 10.4 Å². The summed E-state index contributed by atoms with van der Waals surface area (Å²) in [4.78, 5) is 4.11. The van der Waals surface area contributed by atoms with Crippen molar-refractivity contribution in [3.63, 3.8) is 0 Å². The zero-order valence-electron chi connectivity index (χ0n) is 7.49. The highest BCUT2D eigenvalue weighted by Gasteiger charge is 2.09. The number of pyridine rings is 1. The Morgan fingerprint density at radius 1 is 1.08 bits per heavy atom. The van der Waals surface area contributed by atoms with Crippen LogP contribution in [0.3, 0.4) is 0 Å². The van der Waals surface area contributed by atoms with Gasteiger partial charge in [-0.15, -0.1) is 0 Å². The zero-order valence-corrected chi connectivity index (χ0v) is 7.49. The summed E-state index contributed by atoms with van der Waals surface area (Å²) >= 11 is 0. The minimum Gasteiger partial charge on any atom is -0.264 e. The molecule has 0 fully saturated rings. The van der Waals surface area contributed by atoms with Crippen molar-refractivity contribution in [1.29, 1.82) is 0 Å². The predicted octanol–water partition coefficient (Wildman–Crippen LogP) is 0.928. The van der Waals surface area contributed by atoms with Gasteiger partial charge in [0.15, 0.2) is 0 Å². The van der Waals surface area contributed by atoms with Gasteiger partial charge in [-0.2, -0.15) is 0 Å². The summed E-state index contributed by atoms with van der Waals surface area (Å²) in [7, 11) is 0. The molecule has 0 aliphatic heterocycles. The summed E-state index contributed by atoms with van der Waals surface area (Å²) in [5, 5.41) is 2.61. The Morgan fingerprint density at radius 3 is 2.50 bits per heavy atom. The fourth-order valence-corrected chi connectivity index (χ4v) is 1.58. The van der Waals surface area contributed by atoms with Crippen LogP contribution in [-0.2, 0) is 0 Å². The molecule has 0 bridgehead atoms. The standard InChI is InChI=1S/C11H13N/c1-8-5-10-3-4-12-7-11(10)6-9(8)2/h3-9H,1-2H3. The first kappa shape index (κ1) is 7.53. The Kier molecular flexibility index (Phi) is 1.72. The number of fused-ring (bicyclic) bond motifs is 1. The van der Waals surface area contributed by atoms with Crippen molar-refractivity contribution in [3.05, 3.63) is 28.9 Å². The number of hydrogen-bond acceptors (Lipinski definition) is 1. The average Bonchev–Trinajstić information content (AvgIpc) is 2.07. The summed E-state index contributed by atoms with van der Waals surface area (Å²) in [6.45, 7) is 4.50. The first-order valence-electron chi connectivity index (χ1n) is 4.41. The van der Waals surface area contributed by atoms with Gasteiger partial charge in [0.25, 0.3) is 0 Å². The molecule has 2 rings (SSSR count). The molecule has 1 heteroatoms. The van der Waals surface area contributed by atoms with E-state index >= 15 is 0 Å². The minimum absolute atomic E-state index is 0.640. The molecule has 62 valence electrons. The molecule has 0 N–H and O–H groups in total. The molecule has 0 saturated carbocycles. The molecule has 0 saturated heterocycles. The highest BCUT2D eigenvalue weighted by Crippen LogP contribution is 2.14. The third kappa shape index (κ3) is 1.15. The lowest BCUT2D eigenvalue weighted by molar-refractivity contribution is 0.608. The third-order valence-electron chi connectivity index (χ3n) is 2.60. The molecule has 1 heterocycles. The second-order valence-electron chi connectivity index (χ2n) is 3.56. The lowest BCUT2D eigenvalue weighted by Crippen LogP contribution is -2.31. The molecule has 0 spiro atoms. The van der Waals surface area contributed by atoms with E-state index in [9.17, 15) is 0 Å². The van der Waals surface area contributed by atoms with E-state index in [1.165, 1.54) is 10.4 Å². The van der Waals surface area contributed by atoms with Crippen molar-refractivity contribution in [2.75, 3.05) is 0 Å². The van der Waals surface area contributed by atoms with Crippen LogP contribution in [0.25, 0.3) is 12.2 Å². The molecular weight excluding hydrogens is 146 g/mol. The second-order valence-corrected chi connectivity index (χ2v) is 3.56. The van der Waals surface area contributed by atoms with Crippen LogP contribution in [0.2, 0.25) is 0 Å². The van der Waals surface area contributed by atoms with Crippen molar-refractivity contribution >= 4 is 12.2 Å². The van der Waals surface area contributed by atoms with E-state index in [4.69, 9.17) is 0 Å². The van der Waals surface area contributed by atoms with Crippen LogP contribution in [0.4, 0.5) is 0 Å². The Hall–Kier alpha value is -1.11. The lowest BCUT2D eigenvalue weighted by Gasteiger charge is -2.15. The van der Waals surface area contributed by atoms with Gasteiger partial charge in [-0.1, -0.05) is 26.0 Å². The molecule has 1 aromatic heterocycles. The highest BCUT2D eigenvalue weighted by molar-refractivity contribution is 5.41. The summed E-state index contributed by atoms with van der Waals surface area (Å²) in [5.74, 6) is 1.29. The molecule has 0 aromatic carbocycles. The van der Waals surface area contributed by atoms with Crippen LogP contribution in [0.5, 0.6) is 0 Å². The van der Waals surface area contributed by atoms with E-state index in [0.717, 1.165) is 0 Å². The van der Waals surface area contributed by atoms with Crippen molar-refractivity contribution in [2.24, 2.45) is 11.8 Å². The van der Waals surface area contributed by atoms with Crippen LogP contribution in [0, 0.1) is 11.8 Å². The number of aromatic nitrogens is 1. The van der Waals surface area contributed by atoms with Crippen molar-refractivity contribution in [3.8, 4) is 0 Å². The van der Waals surface area contributed by atoms with E-state index in [-0.39, 0.29) is 0 Å². The van der Waals surface area contributed by atoms with Gasteiger partial charge >= 0.3 is 0 Å². The van der Waals surface area contributed by atoms with Gasteiger partial charge in [-0.25, -0.2) is 0 Å². The van der Waals surface area contributed by atoms with Gasteiger partial charge in [-0.05, 0) is 28.3 Å². The molecule has 2 atom stereocenters. The monoisotopic (exact) mass is 159 g/mol. The maximum absolute atomic E-state index is 4.11. The number of hydrogen-bond donors (Lipinski definition) is 0. The molecule has 0 amide bonds. The summed E-state index contributed by atoms with van der Waals surface area (Å²) in [6, 6.07) is 2.08. The van der Waals surface area contributed by atoms with Gasteiger partial charge in [0.1, 0.15) is 0 Å². The molecule has 2 unspecified atom stereocenters. The molecule has 12 heavy (non-hydrogen) atoms. The highest BCUT2D eigenvalue weighted by atomic mass is 14.6. The van der Waals surface area contributed by atoms with Crippen LogP contribution in [-0.4, -0.2) is 4.98 Å². The number of rotatable bonds is 0. The van der Waals surface area contributed by atoms with Gasteiger partial charge in [0.05, 0.1) is 0 Å². The summed E-state index contributed by atoms with van der Waals surface area (Å²) in [6.07, 6.45) is 8.41. The summed E-state index contributed by atoms with van der Waals surface area (Å²) < 4.78 is 0. The van der Waals surface area contributed by atoms with Crippen molar-refractivity contribution < 1.29 is 0 Å². The fourth-order valence-electron chi connectivity index (χ4n) is 1.58. The Labute approximate surface area is 72.5 Å². The molecule has 1 nitrogen and oxygen atoms in total. The third-order valence-corrected chi connectivity index (χ3v) is 2.60. The zero-order chi connectivity index (χ0) is 8.55. The molecule has 1 aliphatic rings. The molecular formula is C11H13N. The predicted molar refractivity (Wildman–Crippen MR) is 50.7 cm³/mol. The lowest BCUT2D eigenvalue weighted by atomic mass is 9.90. The number of nitrogens with zero attached hydrogens (tertiary/aromatic N) is 1. The van der Waals surface area contributed by atoms with Crippen LogP contribution in [0.15, 0.2) is 18.5 Å². The van der Waals surface area contributed by atoms with Gasteiger partial charge in [0, 0.05) is 12.4 Å². The van der Waals surface area contributed by atoms with E-state index < -0.39 is 0 Å². The Bertz CT molecular complexity index is 353. The SMILES string of the molecule is CC1C=c2ccncc2=CC1C. The topological polar surface area (TPSA) is 12.9 Å². The normalized spacial score (nSPS) is 26.8. The van der Waals surface area contributed by atoms with Crippen LogP contribution >= 0.6 is 0 Å². The van der Waals surface area contributed by atoms with Gasteiger partial charge in [-0.3, -0.25) is 4.98 Å². The second kappa shape index (κ2) is 2.74. The van der Waals surface area contributed by atoms with E-state index in [2.05, 4.69) is 37.0 Å². The smallest absolute Gasteiger partial charge is 0.0343 e. The van der Waals surface area contributed by atoms with E-state index in [1.54, 1.807) is 0 Å². The quantitative estimate of drug-likeness (QED) is 0.548. The average molecular weight is 159 g/mol.